The van der Waals surface area contributed by atoms with E-state index in [0.717, 1.165) is 0 Å². The Morgan fingerprint density at radius 1 is 1.25 bits per heavy atom. The van der Waals surface area contributed by atoms with Crippen LogP contribution in [-0.4, -0.2) is 60.0 Å². The fraction of sp³-hybridized carbons (Fsp3) is 0.429. The van der Waals surface area contributed by atoms with Crippen LogP contribution in [-0.2, 0) is 28.5 Å². The van der Waals surface area contributed by atoms with Crippen molar-refractivity contribution in [3.8, 4) is 0 Å². The first-order valence-corrected chi connectivity index (χ1v) is 10.8. The number of rotatable bonds is 7. The number of hydrogen-bond acceptors (Lipinski definition) is 8. The number of nitrogens with one attached hydrogen (secondary N) is 1. The molecule has 2 saturated heterocycles. The lowest BCUT2D eigenvalue weighted by Crippen LogP contribution is -2.66. The summed E-state index contributed by atoms with van der Waals surface area (Å²) in [4.78, 5) is 23.9. The number of halogens is 1. The fourth-order valence-corrected chi connectivity index (χ4v) is 4.77. The molecule has 172 valence electrons. The highest BCUT2D eigenvalue weighted by Gasteiger charge is 2.51. The van der Waals surface area contributed by atoms with Crippen molar-refractivity contribution in [1.29, 1.82) is 0 Å². The van der Waals surface area contributed by atoms with Crippen LogP contribution in [0.25, 0.3) is 0 Å². The van der Waals surface area contributed by atoms with Gasteiger partial charge in [0.1, 0.15) is 36.2 Å². The lowest BCUT2D eigenvalue weighted by atomic mass is 9.96. The summed E-state index contributed by atoms with van der Waals surface area (Å²) in [7, 11) is 0. The molecule has 0 spiro atoms. The molecule has 2 aliphatic rings. The molecule has 2 fully saturated rings. The molecule has 1 aromatic heterocycles. The average Bonchev–Trinajstić information content (AvgIpc) is 3.29. The van der Waals surface area contributed by atoms with Crippen molar-refractivity contribution in [2.45, 2.75) is 47.9 Å². The molecule has 2 aliphatic heterocycles. The lowest BCUT2D eigenvalue weighted by Gasteiger charge is -2.48. The van der Waals surface area contributed by atoms with E-state index in [2.05, 4.69) is 5.32 Å². The van der Waals surface area contributed by atoms with Gasteiger partial charge in [0.15, 0.2) is 5.76 Å². The number of carboxylic acid groups (broad SMARTS) is 1. The topological polar surface area (TPSA) is 116 Å². The summed E-state index contributed by atoms with van der Waals surface area (Å²) in [6, 6.07) is 8.46. The van der Waals surface area contributed by atoms with Gasteiger partial charge >= 0.3 is 5.97 Å². The number of aliphatic carboxylic acids is 1. The minimum Gasteiger partial charge on any atom is -0.480 e. The number of hydrogen-bond donors (Lipinski definition) is 2. The molecule has 2 aromatic rings. The van der Waals surface area contributed by atoms with Crippen LogP contribution in [0.4, 0.5) is 4.39 Å². The number of carboxylic acids is 1. The molecule has 0 saturated carbocycles. The summed E-state index contributed by atoms with van der Waals surface area (Å²) in [6.45, 7) is 0.889. The van der Waals surface area contributed by atoms with Gasteiger partial charge in [0.05, 0.1) is 18.9 Å². The van der Waals surface area contributed by atoms with Crippen LogP contribution in [0.1, 0.15) is 19.0 Å². The normalized spacial score (nSPS) is 29.8. The Morgan fingerprint density at radius 2 is 2.03 bits per heavy atom. The minimum atomic E-state index is -1.16. The highest BCUT2D eigenvalue weighted by molar-refractivity contribution is 7.99. The van der Waals surface area contributed by atoms with E-state index < -0.39 is 48.7 Å². The van der Waals surface area contributed by atoms with E-state index in [4.69, 9.17) is 23.4 Å². The van der Waals surface area contributed by atoms with Crippen LogP contribution in [0.5, 0.6) is 0 Å². The molecular formula is C21H22FNO8S. The van der Waals surface area contributed by atoms with E-state index in [0.29, 0.717) is 10.7 Å². The van der Waals surface area contributed by atoms with Gasteiger partial charge in [0, 0.05) is 11.8 Å². The molecule has 1 amide bonds. The van der Waals surface area contributed by atoms with Crippen LogP contribution in [0.3, 0.4) is 0 Å². The molecule has 32 heavy (non-hydrogen) atoms. The molecule has 0 bridgehead atoms. The van der Waals surface area contributed by atoms with E-state index in [1.165, 1.54) is 37.1 Å². The summed E-state index contributed by atoms with van der Waals surface area (Å²) in [6.07, 6.45) is -1.53. The van der Waals surface area contributed by atoms with Crippen LogP contribution in [0, 0.1) is 5.82 Å². The molecule has 11 heteroatoms. The van der Waals surface area contributed by atoms with Gasteiger partial charge in [-0.1, -0.05) is 11.8 Å². The number of carbonyl (C=O) groups excluding carboxylic acids is 1. The third-order valence-corrected chi connectivity index (χ3v) is 6.13. The predicted octanol–water partition coefficient (Wildman–Crippen LogP) is 2.32. The summed E-state index contributed by atoms with van der Waals surface area (Å²) in [5, 5.41) is 12.0. The quantitative estimate of drug-likeness (QED) is 0.633. The monoisotopic (exact) mass is 467 g/mol. The van der Waals surface area contributed by atoms with Crippen molar-refractivity contribution < 1.29 is 42.5 Å². The largest absolute Gasteiger partial charge is 0.480 e. The Morgan fingerprint density at radius 3 is 2.69 bits per heavy atom. The number of furan rings is 1. The van der Waals surface area contributed by atoms with Gasteiger partial charge in [0.25, 0.3) is 0 Å². The van der Waals surface area contributed by atoms with Gasteiger partial charge in [-0.2, -0.15) is 0 Å². The van der Waals surface area contributed by atoms with Gasteiger partial charge in [-0.15, -0.1) is 0 Å². The number of fused-ring (bicyclic) bond motifs is 1. The second-order valence-electron chi connectivity index (χ2n) is 7.29. The Balaban J connectivity index is 1.61. The second kappa shape index (κ2) is 10.0. The average molecular weight is 467 g/mol. The van der Waals surface area contributed by atoms with Crippen LogP contribution in [0.2, 0.25) is 0 Å². The summed E-state index contributed by atoms with van der Waals surface area (Å²) >= 11 is 1.25. The maximum atomic E-state index is 13.3. The molecule has 6 unspecified atom stereocenters. The van der Waals surface area contributed by atoms with Crippen molar-refractivity contribution in [2.24, 2.45) is 0 Å². The molecule has 1 aromatic carbocycles. The zero-order valence-electron chi connectivity index (χ0n) is 17.0. The van der Waals surface area contributed by atoms with Crippen molar-refractivity contribution >= 4 is 23.6 Å². The zero-order chi connectivity index (χ0) is 22.7. The summed E-state index contributed by atoms with van der Waals surface area (Å²) < 4.78 is 42.3. The third kappa shape index (κ3) is 5.30. The highest BCUT2D eigenvalue weighted by Crippen LogP contribution is 2.40. The number of ether oxygens (including phenoxy) is 4. The lowest BCUT2D eigenvalue weighted by molar-refractivity contribution is -0.314. The Labute approximate surface area is 187 Å². The fourth-order valence-electron chi connectivity index (χ4n) is 3.64. The summed E-state index contributed by atoms with van der Waals surface area (Å²) in [5.74, 6) is -1.44. The second-order valence-corrected chi connectivity index (χ2v) is 8.46. The summed E-state index contributed by atoms with van der Waals surface area (Å²) in [5.41, 5.74) is -0.670. The Hall–Kier alpha value is -2.44. The van der Waals surface area contributed by atoms with E-state index in [1.807, 2.05) is 0 Å². The smallest absolute Gasteiger partial charge is 0.329 e. The van der Waals surface area contributed by atoms with E-state index in [-0.39, 0.29) is 18.3 Å². The first-order chi connectivity index (χ1) is 15.4. The maximum Gasteiger partial charge on any atom is 0.329 e. The number of thioether (sulfide) groups is 1. The van der Waals surface area contributed by atoms with Gasteiger partial charge in [-0.25, -0.2) is 9.18 Å². The van der Waals surface area contributed by atoms with Gasteiger partial charge in [-0.3, -0.25) is 4.79 Å². The number of amides is 1. The third-order valence-electron chi connectivity index (χ3n) is 4.95. The molecule has 0 radical (unpaired) electrons. The van der Waals surface area contributed by atoms with E-state index in [9.17, 15) is 19.1 Å². The maximum absolute atomic E-state index is 13.3. The van der Waals surface area contributed by atoms with Crippen molar-refractivity contribution in [3.63, 3.8) is 0 Å². The van der Waals surface area contributed by atoms with Gasteiger partial charge < -0.3 is 33.8 Å². The van der Waals surface area contributed by atoms with Crippen molar-refractivity contribution in [3.05, 3.63) is 54.2 Å². The van der Waals surface area contributed by atoms with Gasteiger partial charge in [-0.05, 0) is 36.4 Å². The molecule has 0 aliphatic carbocycles. The first-order valence-electron chi connectivity index (χ1n) is 9.89. The molecule has 3 heterocycles. The van der Waals surface area contributed by atoms with E-state index in [1.54, 1.807) is 24.3 Å². The van der Waals surface area contributed by atoms with Crippen LogP contribution < -0.4 is 5.32 Å². The van der Waals surface area contributed by atoms with Crippen molar-refractivity contribution in [2.75, 3.05) is 13.2 Å². The van der Waals surface area contributed by atoms with E-state index >= 15 is 0 Å². The van der Waals surface area contributed by atoms with Crippen molar-refractivity contribution in [1.82, 2.24) is 5.32 Å². The van der Waals surface area contributed by atoms with Gasteiger partial charge in [0.2, 0.25) is 12.2 Å². The first kappa shape index (κ1) is 22.7. The Kier molecular flexibility index (Phi) is 7.11. The standard InChI is InChI=1S/C21H22FNO8S/c1-11(24)23-17-19(28-10-16(25)26)18-15(9-29-20(31-18)14-3-2-8-27-14)30-21(17)32-13-6-4-12(22)5-7-13/h2-8,15,17-21H,9-10H2,1H3,(H,23,24)(H,25,26). The molecular weight excluding hydrogens is 445 g/mol. The Bertz CT molecular complexity index is 924. The minimum absolute atomic E-state index is 0.135. The molecule has 9 nitrogen and oxygen atoms in total. The predicted molar refractivity (Wildman–Crippen MR) is 108 cm³/mol. The number of benzene rings is 1. The molecule has 4 rings (SSSR count). The number of carbonyl (C=O) groups is 2. The highest BCUT2D eigenvalue weighted by atomic mass is 32.2. The van der Waals surface area contributed by atoms with Crippen LogP contribution >= 0.6 is 11.8 Å². The zero-order valence-corrected chi connectivity index (χ0v) is 17.8. The molecule has 2 N–H and O–H groups in total. The molecule has 6 atom stereocenters. The van der Waals surface area contributed by atoms with Crippen LogP contribution in [0.15, 0.2) is 52.0 Å². The SMILES string of the molecule is CC(=O)NC1C(Sc2ccc(F)cc2)OC2COC(c3ccco3)OC2C1OCC(=O)O.